The van der Waals surface area contributed by atoms with Gasteiger partial charge in [-0.2, -0.15) is 5.10 Å². The molecule has 0 saturated heterocycles. The second-order valence-electron chi connectivity index (χ2n) is 8.73. The summed E-state index contributed by atoms with van der Waals surface area (Å²) in [6, 6.07) is 9.35. The van der Waals surface area contributed by atoms with Crippen LogP contribution < -0.4 is 10.6 Å². The van der Waals surface area contributed by atoms with E-state index in [0.717, 1.165) is 47.2 Å². The highest BCUT2D eigenvalue weighted by Crippen LogP contribution is 2.27. The lowest BCUT2D eigenvalue weighted by atomic mass is 10.2. The Hall–Kier alpha value is -3.47. The molecule has 1 aromatic carbocycles. The van der Waals surface area contributed by atoms with Crippen LogP contribution in [0.25, 0.3) is 11.4 Å². The molecule has 0 atom stereocenters. The maximum atomic E-state index is 13.3. The number of nitrogens with zero attached hydrogens (tertiary/aromatic N) is 5. The average Bonchev–Trinajstić information content (AvgIpc) is 3.52. The number of nitrogens with one attached hydrogen (secondary N) is 2. The van der Waals surface area contributed by atoms with Gasteiger partial charge in [-0.1, -0.05) is 34.8 Å². The zero-order chi connectivity index (χ0) is 25.7. The van der Waals surface area contributed by atoms with Crippen LogP contribution in [-0.2, 0) is 11.3 Å². The van der Waals surface area contributed by atoms with Gasteiger partial charge in [0.1, 0.15) is 11.6 Å². The van der Waals surface area contributed by atoms with Crippen molar-refractivity contribution in [3.63, 3.8) is 0 Å². The summed E-state index contributed by atoms with van der Waals surface area (Å²) < 4.78 is 7.39. The number of amides is 3. The van der Waals surface area contributed by atoms with E-state index in [0.29, 0.717) is 30.3 Å². The van der Waals surface area contributed by atoms with Crippen LogP contribution in [0.15, 0.2) is 41.0 Å². The third kappa shape index (κ3) is 6.01. The molecule has 0 bridgehead atoms. The van der Waals surface area contributed by atoms with Crippen molar-refractivity contribution < 1.29 is 14.3 Å². The summed E-state index contributed by atoms with van der Waals surface area (Å²) in [5.74, 6) is 1.60. The van der Waals surface area contributed by atoms with Gasteiger partial charge in [-0.3, -0.25) is 5.32 Å². The van der Waals surface area contributed by atoms with E-state index in [-0.39, 0.29) is 12.1 Å². The Morgan fingerprint density at radius 1 is 1.19 bits per heavy atom. The van der Waals surface area contributed by atoms with Crippen LogP contribution >= 0.6 is 15.9 Å². The van der Waals surface area contributed by atoms with Crippen molar-refractivity contribution >= 4 is 39.6 Å². The predicted octanol–water partition coefficient (Wildman–Crippen LogP) is 5.37. The van der Waals surface area contributed by atoms with E-state index in [4.69, 9.17) is 0 Å². The fraction of sp³-hybridized carbons (Fsp3) is 0.400. The molecule has 0 aliphatic heterocycles. The monoisotopic (exact) mass is 555 g/mol. The van der Waals surface area contributed by atoms with Crippen LogP contribution in [0.3, 0.4) is 0 Å². The molecule has 0 spiro atoms. The van der Waals surface area contributed by atoms with Crippen LogP contribution in [0, 0.1) is 13.8 Å². The van der Waals surface area contributed by atoms with Gasteiger partial charge < -0.3 is 15.0 Å². The van der Waals surface area contributed by atoms with Crippen LogP contribution in [0.4, 0.5) is 21.1 Å². The van der Waals surface area contributed by atoms with Crippen LogP contribution in [-0.4, -0.2) is 56.5 Å². The molecule has 1 aliphatic rings. The highest BCUT2D eigenvalue weighted by Gasteiger charge is 2.27. The summed E-state index contributed by atoms with van der Waals surface area (Å²) in [5, 5.41) is 10.3. The van der Waals surface area contributed by atoms with Crippen LogP contribution in [0.5, 0.6) is 0 Å². The topological polar surface area (TPSA) is 114 Å². The molecule has 3 amide bonds. The maximum absolute atomic E-state index is 13.3. The molecule has 1 aliphatic carbocycles. The second-order valence-corrected chi connectivity index (χ2v) is 9.58. The molecular formula is C25H30BrN7O3. The van der Waals surface area contributed by atoms with Crippen molar-refractivity contribution in [1.29, 1.82) is 0 Å². The summed E-state index contributed by atoms with van der Waals surface area (Å²) >= 11 is 3.54. The summed E-state index contributed by atoms with van der Waals surface area (Å²) in [6.07, 6.45) is 5.23. The van der Waals surface area contributed by atoms with Gasteiger partial charge in [0.05, 0.1) is 13.7 Å². The molecule has 10 nitrogen and oxygen atoms in total. The number of benzene rings is 1. The van der Waals surface area contributed by atoms with Gasteiger partial charge in [0.2, 0.25) is 0 Å². The SMILES string of the molecule is COC(=O)Nc1cc(-c2nc(C)n(CCN(C(=O)Nc3cccc(Br)c3C)C3CCCC3)n2)ccn1. The molecule has 4 rings (SSSR count). The second kappa shape index (κ2) is 11.5. The summed E-state index contributed by atoms with van der Waals surface area (Å²) in [6.45, 7) is 4.89. The van der Waals surface area contributed by atoms with Crippen molar-refractivity contribution in [3.05, 3.63) is 52.4 Å². The smallest absolute Gasteiger partial charge is 0.412 e. The summed E-state index contributed by atoms with van der Waals surface area (Å²) in [7, 11) is 1.29. The van der Waals surface area contributed by atoms with Crippen LogP contribution in [0.2, 0.25) is 0 Å². The zero-order valence-corrected chi connectivity index (χ0v) is 22.2. The number of anilines is 2. The fourth-order valence-corrected chi connectivity index (χ4v) is 4.71. The molecule has 1 saturated carbocycles. The van der Waals surface area contributed by atoms with E-state index < -0.39 is 6.09 Å². The van der Waals surface area contributed by atoms with Crippen molar-refractivity contribution in [2.75, 3.05) is 24.3 Å². The number of halogens is 1. The minimum Gasteiger partial charge on any atom is -0.453 e. The highest BCUT2D eigenvalue weighted by molar-refractivity contribution is 9.10. The number of carbonyl (C=O) groups excluding carboxylic acids is 2. The number of urea groups is 1. The largest absolute Gasteiger partial charge is 0.453 e. The van der Waals surface area contributed by atoms with E-state index in [1.54, 1.807) is 18.3 Å². The molecular weight excluding hydrogens is 526 g/mol. The van der Waals surface area contributed by atoms with Gasteiger partial charge in [-0.05, 0) is 56.5 Å². The zero-order valence-electron chi connectivity index (χ0n) is 20.6. The van der Waals surface area contributed by atoms with E-state index in [1.807, 2.05) is 41.6 Å². The molecule has 2 heterocycles. The normalized spacial score (nSPS) is 13.4. The molecule has 36 heavy (non-hydrogen) atoms. The number of carbonyl (C=O) groups is 2. The van der Waals surface area contributed by atoms with Gasteiger partial charge >= 0.3 is 12.1 Å². The van der Waals surface area contributed by atoms with Gasteiger partial charge in [-0.15, -0.1) is 0 Å². The Balaban J connectivity index is 1.48. The average molecular weight is 556 g/mol. The summed E-state index contributed by atoms with van der Waals surface area (Å²) in [4.78, 5) is 35.5. The first-order valence-corrected chi connectivity index (χ1v) is 12.7. The molecule has 0 radical (unpaired) electrons. The Kier molecular flexibility index (Phi) is 8.19. The highest BCUT2D eigenvalue weighted by atomic mass is 79.9. The number of aromatic nitrogens is 4. The third-order valence-corrected chi connectivity index (χ3v) is 7.24. The minimum absolute atomic E-state index is 0.103. The number of ether oxygens (including phenoxy) is 1. The lowest BCUT2D eigenvalue weighted by Gasteiger charge is -2.29. The first-order valence-electron chi connectivity index (χ1n) is 11.9. The number of pyridine rings is 1. The van der Waals surface area contributed by atoms with Crippen molar-refractivity contribution in [2.24, 2.45) is 0 Å². The van der Waals surface area contributed by atoms with Crippen molar-refractivity contribution in [3.8, 4) is 11.4 Å². The van der Waals surface area contributed by atoms with Gasteiger partial charge in [0.25, 0.3) is 0 Å². The minimum atomic E-state index is -0.599. The van der Waals surface area contributed by atoms with Crippen molar-refractivity contribution in [2.45, 2.75) is 52.1 Å². The Labute approximate surface area is 218 Å². The lowest BCUT2D eigenvalue weighted by molar-refractivity contribution is 0.184. The first-order chi connectivity index (χ1) is 17.4. The third-order valence-electron chi connectivity index (χ3n) is 6.38. The summed E-state index contributed by atoms with van der Waals surface area (Å²) in [5.41, 5.74) is 2.51. The van der Waals surface area contributed by atoms with E-state index in [9.17, 15) is 9.59 Å². The number of hydrogen-bond donors (Lipinski definition) is 2. The molecule has 190 valence electrons. The molecule has 3 aromatic rings. The van der Waals surface area contributed by atoms with Gasteiger partial charge in [-0.25, -0.2) is 24.2 Å². The molecule has 11 heteroatoms. The number of rotatable bonds is 7. The predicted molar refractivity (Wildman–Crippen MR) is 141 cm³/mol. The van der Waals surface area contributed by atoms with Gasteiger partial charge in [0.15, 0.2) is 5.82 Å². The Morgan fingerprint density at radius 3 is 2.72 bits per heavy atom. The lowest BCUT2D eigenvalue weighted by Crippen LogP contribution is -2.43. The van der Waals surface area contributed by atoms with E-state index in [2.05, 4.69) is 46.4 Å². The van der Waals surface area contributed by atoms with E-state index in [1.165, 1.54) is 7.11 Å². The molecule has 0 unspecified atom stereocenters. The number of methoxy groups -OCH3 is 1. The van der Waals surface area contributed by atoms with Gasteiger partial charge in [0, 0.05) is 34.5 Å². The maximum Gasteiger partial charge on any atom is 0.412 e. The van der Waals surface area contributed by atoms with E-state index >= 15 is 0 Å². The standard InChI is InChI=1S/C25H30BrN7O3/c1-16-20(26)9-6-10-21(16)29-24(34)32(19-7-4-5-8-19)13-14-33-17(2)28-23(31-33)18-11-12-27-22(15-18)30-25(35)36-3/h6,9-12,15,19H,4-5,7-8,13-14H2,1-3H3,(H,29,34)(H,27,30,35). The quantitative estimate of drug-likeness (QED) is 0.404. The van der Waals surface area contributed by atoms with Crippen molar-refractivity contribution in [1.82, 2.24) is 24.6 Å². The fourth-order valence-electron chi connectivity index (χ4n) is 4.35. The molecule has 2 aromatic heterocycles. The van der Waals surface area contributed by atoms with Crippen LogP contribution in [0.1, 0.15) is 37.1 Å². The Bertz CT molecular complexity index is 1240. The molecule has 1 fully saturated rings. The first kappa shape index (κ1) is 25.6. The molecule has 2 N–H and O–H groups in total. The number of hydrogen-bond acceptors (Lipinski definition) is 6. The Morgan fingerprint density at radius 2 is 1.97 bits per heavy atom. The number of aryl methyl sites for hydroxylation is 1.